The molecule has 220 valence electrons. The number of methoxy groups -OCH3 is 3. The zero-order valence-corrected chi connectivity index (χ0v) is 24.5. The highest BCUT2D eigenvalue weighted by Gasteiger charge is 2.30. The average Bonchev–Trinajstić information content (AvgIpc) is 3.00. The lowest BCUT2D eigenvalue weighted by atomic mass is 9.91. The van der Waals surface area contributed by atoms with E-state index in [0.717, 1.165) is 29.4 Å². The highest BCUT2D eigenvalue weighted by atomic mass is 16.5. The second-order valence-corrected chi connectivity index (χ2v) is 10.5. The summed E-state index contributed by atoms with van der Waals surface area (Å²) in [6, 6.07) is 14.8. The van der Waals surface area contributed by atoms with Gasteiger partial charge in [-0.3, -0.25) is 14.5 Å². The van der Waals surface area contributed by atoms with Gasteiger partial charge in [0.25, 0.3) is 0 Å². The van der Waals surface area contributed by atoms with Crippen LogP contribution in [0.5, 0.6) is 17.2 Å². The van der Waals surface area contributed by atoms with E-state index in [0.29, 0.717) is 41.7 Å². The number of ether oxygens (including phenoxy) is 3. The topological polar surface area (TPSA) is 115 Å². The van der Waals surface area contributed by atoms with E-state index in [9.17, 15) is 14.7 Å². The Morgan fingerprint density at radius 2 is 1.79 bits per heavy atom. The summed E-state index contributed by atoms with van der Waals surface area (Å²) in [6.45, 7) is 1.67. The number of benzene rings is 2. The monoisotopic (exact) mass is 573 g/mol. The Balaban J connectivity index is 1.54. The fraction of sp³-hybridized carbons (Fsp3) is 0.344. The molecule has 0 amide bonds. The van der Waals surface area contributed by atoms with Gasteiger partial charge in [0, 0.05) is 44.2 Å². The Morgan fingerprint density at radius 3 is 2.48 bits per heavy atom. The van der Waals surface area contributed by atoms with E-state index in [-0.39, 0.29) is 12.2 Å². The molecule has 1 N–H and O–H groups in total. The molecule has 0 saturated heterocycles. The molecule has 10 nitrogen and oxygen atoms in total. The summed E-state index contributed by atoms with van der Waals surface area (Å²) >= 11 is 0. The Labute approximate surface area is 244 Å². The van der Waals surface area contributed by atoms with Gasteiger partial charge in [0.2, 0.25) is 11.2 Å². The zero-order chi connectivity index (χ0) is 30.0. The molecule has 3 heterocycles. The van der Waals surface area contributed by atoms with Crippen molar-refractivity contribution in [2.75, 3.05) is 46.9 Å². The Morgan fingerprint density at radius 1 is 1.07 bits per heavy atom. The van der Waals surface area contributed by atoms with Gasteiger partial charge in [0.05, 0.1) is 45.7 Å². The first kappa shape index (κ1) is 28.9. The first-order valence-corrected chi connectivity index (χ1v) is 13.7. The molecule has 2 aromatic heterocycles. The maximum atomic E-state index is 13.1. The Bertz CT molecular complexity index is 1680. The number of anilines is 1. The van der Waals surface area contributed by atoms with Crippen molar-refractivity contribution in [1.82, 2.24) is 9.88 Å². The minimum atomic E-state index is -0.821. The largest absolute Gasteiger partial charge is 0.502 e. The fourth-order valence-electron chi connectivity index (χ4n) is 5.50. The van der Waals surface area contributed by atoms with E-state index in [1.165, 1.54) is 18.7 Å². The number of nitrogens with zero attached hydrogens (tertiary/aromatic N) is 3. The third-order valence-electron chi connectivity index (χ3n) is 7.62. The van der Waals surface area contributed by atoms with Gasteiger partial charge in [-0.2, -0.15) is 0 Å². The highest BCUT2D eigenvalue weighted by molar-refractivity contribution is 5.83. The second-order valence-electron chi connectivity index (χ2n) is 10.5. The summed E-state index contributed by atoms with van der Waals surface area (Å²) in [4.78, 5) is 34.5. The van der Waals surface area contributed by atoms with E-state index >= 15 is 0 Å². The van der Waals surface area contributed by atoms with Crippen LogP contribution in [0.25, 0.3) is 10.9 Å². The van der Waals surface area contributed by atoms with Crippen LogP contribution >= 0.6 is 0 Å². The lowest BCUT2D eigenvalue weighted by Crippen LogP contribution is -2.30. The molecule has 0 bridgehead atoms. The number of aromatic hydroxyl groups is 1. The molecule has 0 unspecified atom stereocenters. The first-order valence-electron chi connectivity index (χ1n) is 13.7. The number of esters is 1. The number of fused-ring (bicyclic) bond motifs is 2. The van der Waals surface area contributed by atoms with Gasteiger partial charge < -0.3 is 28.6 Å². The van der Waals surface area contributed by atoms with Crippen LogP contribution in [-0.2, 0) is 29.0 Å². The standard InChI is InChI=1S/C32H35N3O7/c1-34(2)32-24(12-20-8-6-7-9-25(20)33-32)23(16-29(37)41-5)31-30(38)26(36)15-22(42-31)18-35-11-10-19-13-27(39-3)28(40-4)14-21(19)17-35/h6-9,12-15,23,38H,10-11,16-18H2,1-5H3/t23-/m0/s1. The third-order valence-corrected chi connectivity index (χ3v) is 7.62. The Kier molecular flexibility index (Phi) is 8.35. The van der Waals surface area contributed by atoms with Crippen LogP contribution in [0.3, 0.4) is 0 Å². The van der Waals surface area contributed by atoms with Crippen molar-refractivity contribution in [3.05, 3.63) is 87.0 Å². The predicted octanol–water partition coefficient (Wildman–Crippen LogP) is 4.23. The van der Waals surface area contributed by atoms with Crippen molar-refractivity contribution >= 4 is 22.7 Å². The molecule has 10 heteroatoms. The van der Waals surface area contributed by atoms with Crippen molar-refractivity contribution < 1.29 is 28.5 Å². The van der Waals surface area contributed by atoms with Gasteiger partial charge >= 0.3 is 5.97 Å². The number of pyridine rings is 1. The highest BCUT2D eigenvalue weighted by Crippen LogP contribution is 2.39. The summed E-state index contributed by atoms with van der Waals surface area (Å²) in [5, 5.41) is 11.8. The maximum Gasteiger partial charge on any atom is 0.306 e. The maximum absolute atomic E-state index is 13.1. The molecule has 0 radical (unpaired) electrons. The molecular formula is C32H35N3O7. The SMILES string of the molecule is COC(=O)C[C@@H](c1cc2ccccc2nc1N(C)C)c1oc(CN2CCc3cc(OC)c(OC)cc3C2)cc(=O)c1O. The van der Waals surface area contributed by atoms with Crippen LogP contribution < -0.4 is 19.8 Å². The predicted molar refractivity (Wildman–Crippen MR) is 159 cm³/mol. The molecule has 0 aliphatic carbocycles. The molecule has 1 aliphatic rings. The van der Waals surface area contributed by atoms with E-state index < -0.39 is 23.1 Å². The third kappa shape index (κ3) is 5.75. The van der Waals surface area contributed by atoms with Crippen molar-refractivity contribution in [3.63, 3.8) is 0 Å². The van der Waals surface area contributed by atoms with Crippen LogP contribution in [-0.4, -0.2) is 62.9 Å². The summed E-state index contributed by atoms with van der Waals surface area (Å²) < 4.78 is 22.2. The van der Waals surface area contributed by atoms with Gasteiger partial charge in [0.15, 0.2) is 17.3 Å². The van der Waals surface area contributed by atoms with Crippen LogP contribution in [0.15, 0.2) is 57.7 Å². The van der Waals surface area contributed by atoms with Crippen LogP contribution in [0.1, 0.15) is 40.5 Å². The minimum absolute atomic E-state index is 0.00639. The van der Waals surface area contributed by atoms with E-state index in [2.05, 4.69) is 4.90 Å². The molecule has 1 aliphatic heterocycles. The van der Waals surface area contributed by atoms with Gasteiger partial charge in [-0.1, -0.05) is 18.2 Å². The summed E-state index contributed by atoms with van der Waals surface area (Å²) in [6.07, 6.45) is 0.626. The van der Waals surface area contributed by atoms with Gasteiger partial charge in [0.1, 0.15) is 11.6 Å². The molecule has 2 aromatic carbocycles. The molecule has 42 heavy (non-hydrogen) atoms. The zero-order valence-electron chi connectivity index (χ0n) is 24.5. The number of hydrogen-bond donors (Lipinski definition) is 1. The van der Waals surface area contributed by atoms with E-state index in [1.807, 2.05) is 61.5 Å². The molecule has 5 rings (SSSR count). The van der Waals surface area contributed by atoms with Gasteiger partial charge in [-0.15, -0.1) is 0 Å². The summed E-state index contributed by atoms with van der Waals surface area (Å²) in [5.41, 5.74) is 3.11. The van der Waals surface area contributed by atoms with Crippen molar-refractivity contribution in [3.8, 4) is 17.2 Å². The smallest absolute Gasteiger partial charge is 0.306 e. The second kappa shape index (κ2) is 12.1. The summed E-state index contributed by atoms with van der Waals surface area (Å²) in [5.74, 6) is 0.455. The average molecular weight is 574 g/mol. The van der Waals surface area contributed by atoms with Crippen molar-refractivity contribution in [2.24, 2.45) is 0 Å². The molecular weight excluding hydrogens is 538 g/mol. The molecule has 4 aromatic rings. The quantitative estimate of drug-likeness (QED) is 0.292. The summed E-state index contributed by atoms with van der Waals surface area (Å²) in [7, 11) is 8.22. The lowest BCUT2D eigenvalue weighted by molar-refractivity contribution is -0.140. The van der Waals surface area contributed by atoms with E-state index in [4.69, 9.17) is 23.6 Å². The molecule has 0 fully saturated rings. The first-order chi connectivity index (χ1) is 20.2. The van der Waals surface area contributed by atoms with Gasteiger partial charge in [-0.25, -0.2) is 4.98 Å². The number of carbonyl (C=O) groups excluding carboxylic acids is 1. The van der Waals surface area contributed by atoms with Crippen LogP contribution in [0, 0.1) is 0 Å². The number of para-hydroxylation sites is 1. The molecule has 0 saturated carbocycles. The number of carbonyl (C=O) groups is 1. The Hall–Kier alpha value is -4.57. The van der Waals surface area contributed by atoms with Gasteiger partial charge in [-0.05, 0) is 41.8 Å². The van der Waals surface area contributed by atoms with Crippen LogP contribution in [0.4, 0.5) is 5.82 Å². The normalized spacial score (nSPS) is 13.8. The van der Waals surface area contributed by atoms with Crippen LogP contribution in [0.2, 0.25) is 0 Å². The van der Waals surface area contributed by atoms with Crippen molar-refractivity contribution in [2.45, 2.75) is 31.8 Å². The number of hydrogen-bond acceptors (Lipinski definition) is 10. The lowest BCUT2D eigenvalue weighted by Gasteiger charge is -2.29. The molecule has 1 atom stereocenters. The number of aromatic nitrogens is 1. The van der Waals surface area contributed by atoms with E-state index in [1.54, 1.807) is 14.2 Å². The molecule has 0 spiro atoms. The number of rotatable bonds is 9. The van der Waals surface area contributed by atoms with Crippen molar-refractivity contribution in [1.29, 1.82) is 0 Å². The minimum Gasteiger partial charge on any atom is -0.502 e. The fourth-order valence-corrected chi connectivity index (χ4v) is 5.50.